The maximum absolute atomic E-state index is 13.0. The van der Waals surface area contributed by atoms with Crippen LogP contribution in [0.3, 0.4) is 0 Å². The molecule has 1 aliphatic carbocycles. The van der Waals surface area contributed by atoms with Crippen LogP contribution in [0.4, 0.5) is 0 Å². The Bertz CT molecular complexity index is 1650. The Morgan fingerprint density at radius 1 is 0.552 bits per heavy atom. The molecule has 0 unspecified atom stereocenters. The van der Waals surface area contributed by atoms with Crippen molar-refractivity contribution in [2.24, 2.45) is 0 Å². The summed E-state index contributed by atoms with van der Waals surface area (Å²) in [6.07, 6.45) is 0.444. The Labute approximate surface area is 166 Å². The normalized spacial score (nSPS) is 13.4. The summed E-state index contributed by atoms with van der Waals surface area (Å²) in [5, 5.41) is 4.78. The summed E-state index contributed by atoms with van der Waals surface area (Å²) < 4.78 is 0. The number of aromatic nitrogens is 2. The molecule has 0 saturated carbocycles. The molecule has 0 spiro atoms. The van der Waals surface area contributed by atoms with E-state index >= 15 is 0 Å². The molecule has 7 rings (SSSR count). The summed E-state index contributed by atoms with van der Waals surface area (Å²) in [7, 11) is 0. The minimum Gasteiger partial charge on any atom is -0.355 e. The second-order valence-corrected chi connectivity index (χ2v) is 7.94. The van der Waals surface area contributed by atoms with Crippen LogP contribution in [0.25, 0.3) is 54.7 Å². The maximum atomic E-state index is 13.0. The smallest absolute Gasteiger partial charge is 0.167 e. The molecule has 2 aromatic heterocycles. The lowest BCUT2D eigenvalue weighted by Gasteiger charge is -2.19. The SMILES string of the molecule is O=C1Cc2cc3[nH]c4ccccc4c3cc2-c2cc3c(cc21)[nH]c1ccccc13. The molecule has 2 N–H and O–H groups in total. The fourth-order valence-electron chi connectivity index (χ4n) is 4.96. The van der Waals surface area contributed by atoms with E-state index in [0.29, 0.717) is 6.42 Å². The minimum absolute atomic E-state index is 0.184. The highest BCUT2D eigenvalue weighted by molar-refractivity contribution is 6.17. The first-order valence-corrected chi connectivity index (χ1v) is 9.88. The first kappa shape index (κ1) is 15.1. The van der Waals surface area contributed by atoms with Gasteiger partial charge in [-0.05, 0) is 53.1 Å². The van der Waals surface area contributed by atoms with Gasteiger partial charge in [0.05, 0.1) is 0 Å². The van der Waals surface area contributed by atoms with Gasteiger partial charge in [0.15, 0.2) is 5.78 Å². The summed E-state index contributed by atoms with van der Waals surface area (Å²) in [4.78, 5) is 20.0. The number of nitrogens with one attached hydrogen (secondary N) is 2. The predicted molar refractivity (Wildman–Crippen MR) is 119 cm³/mol. The van der Waals surface area contributed by atoms with Crippen LogP contribution in [0.2, 0.25) is 0 Å². The Balaban J connectivity index is 1.60. The van der Waals surface area contributed by atoms with Crippen molar-refractivity contribution in [3.63, 3.8) is 0 Å². The molecule has 0 fully saturated rings. The molecule has 0 saturated heterocycles. The zero-order valence-corrected chi connectivity index (χ0v) is 15.5. The number of fused-ring (bicyclic) bond motifs is 9. The quantitative estimate of drug-likeness (QED) is 0.320. The molecular formula is C26H16N2O. The van der Waals surface area contributed by atoms with Crippen LogP contribution in [0, 0.1) is 0 Å². The second-order valence-electron chi connectivity index (χ2n) is 7.94. The number of carbonyl (C=O) groups is 1. The fourth-order valence-corrected chi connectivity index (χ4v) is 4.96. The van der Waals surface area contributed by atoms with Gasteiger partial charge in [0.25, 0.3) is 0 Å². The highest BCUT2D eigenvalue weighted by atomic mass is 16.1. The van der Waals surface area contributed by atoms with E-state index in [-0.39, 0.29) is 5.78 Å². The Hall–Kier alpha value is -3.85. The number of aromatic amines is 2. The molecule has 6 aromatic rings. The molecule has 0 amide bonds. The zero-order chi connectivity index (χ0) is 19.1. The number of hydrogen-bond acceptors (Lipinski definition) is 1. The Kier molecular flexibility index (Phi) is 2.68. The molecule has 29 heavy (non-hydrogen) atoms. The number of Topliss-reactive ketones (excluding diaryl/α,β-unsaturated/α-hetero) is 1. The van der Waals surface area contributed by atoms with Crippen LogP contribution in [-0.2, 0) is 6.42 Å². The van der Waals surface area contributed by atoms with Gasteiger partial charge in [-0.2, -0.15) is 0 Å². The van der Waals surface area contributed by atoms with E-state index in [2.05, 4.69) is 64.6 Å². The van der Waals surface area contributed by atoms with Crippen molar-refractivity contribution in [1.82, 2.24) is 9.97 Å². The van der Waals surface area contributed by atoms with E-state index in [1.165, 1.54) is 27.1 Å². The molecular weight excluding hydrogens is 356 g/mol. The summed E-state index contributed by atoms with van der Waals surface area (Å²) in [5.41, 5.74) is 8.47. The third-order valence-electron chi connectivity index (χ3n) is 6.32. The van der Waals surface area contributed by atoms with Crippen molar-refractivity contribution in [2.45, 2.75) is 6.42 Å². The number of para-hydroxylation sites is 2. The summed E-state index contributed by atoms with van der Waals surface area (Å²) in [6, 6.07) is 25.3. The van der Waals surface area contributed by atoms with Crippen LogP contribution < -0.4 is 0 Å². The van der Waals surface area contributed by atoms with Crippen molar-refractivity contribution in [3.8, 4) is 11.1 Å². The van der Waals surface area contributed by atoms with Gasteiger partial charge in [0.1, 0.15) is 0 Å². The predicted octanol–water partition coefficient (Wildman–Crippen LogP) is 6.36. The molecule has 0 aliphatic heterocycles. The first-order chi connectivity index (χ1) is 14.3. The standard InChI is InChI=1S/C26H16N2O/c29-26-10-14-9-24-19(15-5-1-3-7-22(15)27-24)11-17(14)18-12-20-16-6-2-4-8-23(16)28-25(20)13-21(18)26/h1-9,11-13,27-28H,10H2. The number of hydrogen-bond donors (Lipinski definition) is 2. The lowest BCUT2D eigenvalue weighted by Crippen LogP contribution is -2.12. The van der Waals surface area contributed by atoms with Crippen molar-refractivity contribution >= 4 is 49.4 Å². The van der Waals surface area contributed by atoms with Gasteiger partial charge < -0.3 is 9.97 Å². The molecule has 4 aromatic carbocycles. The maximum Gasteiger partial charge on any atom is 0.167 e. The lowest BCUT2D eigenvalue weighted by molar-refractivity contribution is 0.0992. The molecule has 0 atom stereocenters. The summed E-state index contributed by atoms with van der Waals surface area (Å²) >= 11 is 0. The third-order valence-corrected chi connectivity index (χ3v) is 6.32. The van der Waals surface area contributed by atoms with Crippen LogP contribution in [0.1, 0.15) is 15.9 Å². The molecule has 0 radical (unpaired) electrons. The number of H-pyrrole nitrogens is 2. The van der Waals surface area contributed by atoms with Gasteiger partial charge in [-0.25, -0.2) is 0 Å². The molecule has 3 heteroatoms. The van der Waals surface area contributed by atoms with Crippen LogP contribution in [0.15, 0.2) is 72.8 Å². The number of carbonyl (C=O) groups excluding carboxylic acids is 1. The Morgan fingerprint density at radius 2 is 1.14 bits per heavy atom. The van der Waals surface area contributed by atoms with Gasteiger partial charge in [-0.3, -0.25) is 4.79 Å². The topological polar surface area (TPSA) is 48.6 Å². The third kappa shape index (κ3) is 1.94. The van der Waals surface area contributed by atoms with E-state index in [1.54, 1.807) is 0 Å². The van der Waals surface area contributed by atoms with Crippen molar-refractivity contribution in [3.05, 3.63) is 83.9 Å². The molecule has 2 heterocycles. The van der Waals surface area contributed by atoms with E-state index in [9.17, 15) is 4.79 Å². The van der Waals surface area contributed by atoms with Crippen LogP contribution in [0.5, 0.6) is 0 Å². The molecule has 0 bridgehead atoms. The van der Waals surface area contributed by atoms with Crippen molar-refractivity contribution < 1.29 is 4.79 Å². The van der Waals surface area contributed by atoms with Crippen LogP contribution >= 0.6 is 0 Å². The first-order valence-electron chi connectivity index (χ1n) is 9.88. The van der Waals surface area contributed by atoms with E-state index in [4.69, 9.17) is 0 Å². The zero-order valence-electron chi connectivity index (χ0n) is 15.5. The lowest BCUT2D eigenvalue weighted by atomic mass is 9.83. The van der Waals surface area contributed by atoms with E-state index in [0.717, 1.165) is 38.8 Å². The van der Waals surface area contributed by atoms with Gasteiger partial charge in [-0.15, -0.1) is 0 Å². The second kappa shape index (κ2) is 5.15. The monoisotopic (exact) mass is 372 g/mol. The summed E-state index contributed by atoms with van der Waals surface area (Å²) in [6.45, 7) is 0. The average Bonchev–Trinajstić information content (AvgIpc) is 3.29. The largest absolute Gasteiger partial charge is 0.355 e. The van der Waals surface area contributed by atoms with Gasteiger partial charge in [0, 0.05) is 55.6 Å². The van der Waals surface area contributed by atoms with E-state index < -0.39 is 0 Å². The highest BCUT2D eigenvalue weighted by Crippen LogP contribution is 2.41. The van der Waals surface area contributed by atoms with Gasteiger partial charge in [-0.1, -0.05) is 36.4 Å². The van der Waals surface area contributed by atoms with E-state index in [1.807, 2.05) is 18.2 Å². The summed E-state index contributed by atoms with van der Waals surface area (Å²) in [5.74, 6) is 0.184. The van der Waals surface area contributed by atoms with Crippen molar-refractivity contribution in [1.29, 1.82) is 0 Å². The number of benzene rings is 4. The van der Waals surface area contributed by atoms with Gasteiger partial charge >= 0.3 is 0 Å². The Morgan fingerprint density at radius 3 is 1.83 bits per heavy atom. The number of rotatable bonds is 0. The van der Waals surface area contributed by atoms with Crippen LogP contribution in [-0.4, -0.2) is 15.8 Å². The fraction of sp³-hybridized carbons (Fsp3) is 0.0385. The average molecular weight is 372 g/mol. The van der Waals surface area contributed by atoms with Gasteiger partial charge in [0.2, 0.25) is 0 Å². The number of ketones is 1. The minimum atomic E-state index is 0.184. The van der Waals surface area contributed by atoms with Crippen molar-refractivity contribution in [2.75, 3.05) is 0 Å². The highest BCUT2D eigenvalue weighted by Gasteiger charge is 2.25. The molecule has 3 nitrogen and oxygen atoms in total. The molecule has 1 aliphatic rings. The molecule has 136 valence electrons.